The number of carbonyl (C=O) groups excluding carboxylic acids is 2. The summed E-state index contributed by atoms with van der Waals surface area (Å²) < 4.78 is 10.9. The Morgan fingerprint density at radius 1 is 1.00 bits per heavy atom. The molecule has 1 unspecified atom stereocenters. The van der Waals surface area contributed by atoms with E-state index in [1.54, 1.807) is 66.7 Å². The number of benzene rings is 3. The van der Waals surface area contributed by atoms with Crippen molar-refractivity contribution in [3.05, 3.63) is 94.5 Å². The Kier molecular flexibility index (Phi) is 6.38. The van der Waals surface area contributed by atoms with Gasteiger partial charge in [-0.3, -0.25) is 14.5 Å². The fraction of sp³-hybridized carbons (Fsp3) is 0.154. The first-order valence-corrected chi connectivity index (χ1v) is 10.8. The van der Waals surface area contributed by atoms with E-state index in [4.69, 9.17) is 21.1 Å². The lowest BCUT2D eigenvalue weighted by atomic mass is 9.95. The van der Waals surface area contributed by atoms with E-state index >= 15 is 0 Å². The predicted octanol–water partition coefficient (Wildman–Crippen LogP) is 5.37. The summed E-state index contributed by atoms with van der Waals surface area (Å²) in [6, 6.07) is 19.8. The van der Waals surface area contributed by atoms with Crippen LogP contribution in [0.1, 0.15) is 24.1 Å². The Hall–Kier alpha value is -3.77. The number of ketones is 1. The maximum absolute atomic E-state index is 13.2. The second-order valence-corrected chi connectivity index (χ2v) is 7.76. The number of methoxy groups -OCH3 is 1. The molecule has 0 saturated carbocycles. The van der Waals surface area contributed by atoms with E-state index in [9.17, 15) is 14.7 Å². The minimum absolute atomic E-state index is 0.0624. The number of ether oxygens (including phenoxy) is 2. The van der Waals surface area contributed by atoms with Gasteiger partial charge >= 0.3 is 0 Å². The zero-order valence-electron chi connectivity index (χ0n) is 18.1. The molecule has 0 bridgehead atoms. The molecular weight excluding hydrogens is 442 g/mol. The third-order valence-corrected chi connectivity index (χ3v) is 5.72. The minimum Gasteiger partial charge on any atom is -0.507 e. The van der Waals surface area contributed by atoms with Crippen molar-refractivity contribution < 1.29 is 24.2 Å². The van der Waals surface area contributed by atoms with Gasteiger partial charge in [-0.05, 0) is 55.0 Å². The first-order chi connectivity index (χ1) is 16.0. The number of amides is 1. The number of hydrogen-bond acceptors (Lipinski definition) is 5. The Labute approximate surface area is 196 Å². The Morgan fingerprint density at radius 3 is 2.45 bits per heavy atom. The van der Waals surface area contributed by atoms with Crippen LogP contribution in [0.2, 0.25) is 5.02 Å². The molecule has 1 heterocycles. The summed E-state index contributed by atoms with van der Waals surface area (Å²) in [5.41, 5.74) is 1.28. The van der Waals surface area contributed by atoms with Crippen molar-refractivity contribution in [2.45, 2.75) is 13.0 Å². The number of nitrogens with zero attached hydrogens (tertiary/aromatic N) is 1. The molecule has 1 amide bonds. The number of rotatable bonds is 6. The summed E-state index contributed by atoms with van der Waals surface area (Å²) in [6.07, 6.45) is 0. The molecule has 0 aromatic heterocycles. The van der Waals surface area contributed by atoms with Gasteiger partial charge in [0, 0.05) is 11.3 Å². The number of carbonyl (C=O) groups is 2. The highest BCUT2D eigenvalue weighted by Gasteiger charge is 2.47. The van der Waals surface area contributed by atoms with Gasteiger partial charge in [-0.2, -0.15) is 0 Å². The monoisotopic (exact) mass is 463 g/mol. The quantitative estimate of drug-likeness (QED) is 0.302. The fourth-order valence-corrected chi connectivity index (χ4v) is 4.11. The largest absolute Gasteiger partial charge is 0.507 e. The molecule has 33 heavy (non-hydrogen) atoms. The fourth-order valence-electron chi connectivity index (χ4n) is 3.90. The van der Waals surface area contributed by atoms with Crippen LogP contribution in [-0.4, -0.2) is 30.5 Å². The van der Waals surface area contributed by atoms with Crippen molar-refractivity contribution in [3.8, 4) is 11.5 Å². The lowest BCUT2D eigenvalue weighted by Crippen LogP contribution is -2.29. The highest BCUT2D eigenvalue weighted by Crippen LogP contribution is 2.43. The summed E-state index contributed by atoms with van der Waals surface area (Å²) in [5.74, 6) is -0.873. The first-order valence-electron chi connectivity index (χ1n) is 10.4. The van der Waals surface area contributed by atoms with E-state index < -0.39 is 17.7 Å². The maximum atomic E-state index is 13.2. The highest BCUT2D eigenvalue weighted by atomic mass is 35.5. The highest BCUT2D eigenvalue weighted by molar-refractivity contribution is 6.52. The van der Waals surface area contributed by atoms with Gasteiger partial charge in [0.25, 0.3) is 11.7 Å². The molecule has 1 aliphatic rings. The van der Waals surface area contributed by atoms with E-state index in [0.717, 1.165) is 0 Å². The molecule has 1 saturated heterocycles. The van der Waals surface area contributed by atoms with Crippen LogP contribution in [0.4, 0.5) is 5.69 Å². The van der Waals surface area contributed by atoms with E-state index in [-0.39, 0.29) is 21.9 Å². The van der Waals surface area contributed by atoms with Gasteiger partial charge in [-0.25, -0.2) is 0 Å². The van der Waals surface area contributed by atoms with E-state index in [1.165, 1.54) is 12.0 Å². The Morgan fingerprint density at radius 2 is 1.76 bits per heavy atom. The van der Waals surface area contributed by atoms with Crippen molar-refractivity contribution in [1.82, 2.24) is 0 Å². The van der Waals surface area contributed by atoms with Gasteiger partial charge in [0.15, 0.2) is 0 Å². The maximum Gasteiger partial charge on any atom is 0.300 e. The molecule has 4 rings (SSSR count). The molecule has 0 spiro atoms. The summed E-state index contributed by atoms with van der Waals surface area (Å²) >= 11 is 6.37. The van der Waals surface area contributed by atoms with Gasteiger partial charge in [-0.1, -0.05) is 41.9 Å². The smallest absolute Gasteiger partial charge is 0.300 e. The average molecular weight is 464 g/mol. The molecule has 1 fully saturated rings. The summed E-state index contributed by atoms with van der Waals surface area (Å²) in [6.45, 7) is 2.26. The zero-order valence-corrected chi connectivity index (χ0v) is 18.9. The van der Waals surface area contributed by atoms with E-state index in [2.05, 4.69) is 0 Å². The Balaban J connectivity index is 1.96. The number of hydrogen-bond donors (Lipinski definition) is 1. The molecule has 7 heteroatoms. The molecular formula is C26H22ClNO5. The third kappa shape index (κ3) is 4.17. The zero-order chi connectivity index (χ0) is 23.5. The number of aliphatic hydroxyl groups excluding tert-OH is 1. The summed E-state index contributed by atoms with van der Waals surface area (Å²) in [4.78, 5) is 27.8. The molecule has 1 atom stereocenters. The normalized spacial score (nSPS) is 17.3. The number of anilines is 1. The van der Waals surface area contributed by atoms with Crippen LogP contribution in [0.25, 0.3) is 5.76 Å². The molecule has 1 aliphatic heterocycles. The minimum atomic E-state index is -0.880. The van der Waals surface area contributed by atoms with Crippen molar-refractivity contribution in [3.63, 3.8) is 0 Å². The van der Waals surface area contributed by atoms with Gasteiger partial charge < -0.3 is 14.6 Å². The second-order valence-electron chi connectivity index (χ2n) is 7.36. The van der Waals surface area contributed by atoms with E-state index in [0.29, 0.717) is 29.4 Å². The summed E-state index contributed by atoms with van der Waals surface area (Å²) in [5, 5.41) is 11.5. The molecule has 3 aromatic carbocycles. The standard InChI is InChI=1S/C26H22ClNO5/c1-3-33-19-12-13-21(27)20(15-19)24(29)22-23(16-8-7-11-18(14-16)32-2)28(26(31)25(22)30)17-9-5-4-6-10-17/h4-15,23,29H,3H2,1-2H3/b24-22+. The number of para-hydroxylation sites is 1. The molecule has 6 nitrogen and oxygen atoms in total. The van der Waals surface area contributed by atoms with Crippen molar-refractivity contribution in [1.29, 1.82) is 0 Å². The first kappa shape index (κ1) is 22.4. The number of aliphatic hydroxyl groups is 1. The third-order valence-electron chi connectivity index (χ3n) is 5.39. The number of Topliss-reactive ketones (excluding diaryl/α,β-unsaturated/α-hetero) is 1. The van der Waals surface area contributed by atoms with Gasteiger partial charge in [0.1, 0.15) is 17.3 Å². The van der Waals surface area contributed by atoms with Gasteiger partial charge in [0.2, 0.25) is 0 Å². The van der Waals surface area contributed by atoms with E-state index in [1.807, 2.05) is 13.0 Å². The molecule has 0 aliphatic carbocycles. The topological polar surface area (TPSA) is 76.1 Å². The molecule has 3 aromatic rings. The summed E-state index contributed by atoms with van der Waals surface area (Å²) in [7, 11) is 1.53. The molecule has 1 N–H and O–H groups in total. The lowest BCUT2D eigenvalue weighted by Gasteiger charge is -2.25. The van der Waals surface area contributed by atoms with Crippen molar-refractivity contribution in [2.75, 3.05) is 18.6 Å². The van der Waals surface area contributed by atoms with Crippen LogP contribution < -0.4 is 14.4 Å². The Bertz CT molecular complexity index is 1240. The van der Waals surface area contributed by atoms with Crippen LogP contribution in [-0.2, 0) is 9.59 Å². The molecule has 0 radical (unpaired) electrons. The van der Waals surface area contributed by atoms with Crippen LogP contribution >= 0.6 is 11.6 Å². The predicted molar refractivity (Wildman–Crippen MR) is 127 cm³/mol. The van der Waals surface area contributed by atoms with Crippen LogP contribution in [0, 0.1) is 0 Å². The van der Waals surface area contributed by atoms with Crippen LogP contribution in [0.5, 0.6) is 11.5 Å². The van der Waals surface area contributed by atoms with Crippen molar-refractivity contribution >= 4 is 34.7 Å². The van der Waals surface area contributed by atoms with Crippen LogP contribution in [0.3, 0.4) is 0 Å². The van der Waals surface area contributed by atoms with Crippen molar-refractivity contribution in [2.24, 2.45) is 0 Å². The van der Waals surface area contributed by atoms with Gasteiger partial charge in [0.05, 0.1) is 30.4 Å². The average Bonchev–Trinajstić information content (AvgIpc) is 3.11. The number of halogens is 1. The SMILES string of the molecule is CCOc1ccc(Cl)c(/C(O)=C2\C(=O)C(=O)N(c3ccccc3)C2c2cccc(OC)c2)c1. The van der Waals surface area contributed by atoms with Gasteiger partial charge in [-0.15, -0.1) is 0 Å². The lowest BCUT2D eigenvalue weighted by molar-refractivity contribution is -0.132. The molecule has 168 valence electrons. The van der Waals surface area contributed by atoms with Crippen LogP contribution in [0.15, 0.2) is 78.4 Å². The second kappa shape index (κ2) is 9.38.